The van der Waals surface area contributed by atoms with Gasteiger partial charge < -0.3 is 9.84 Å². The molecule has 1 saturated heterocycles. The standard InChI is InChI=1S/C12H13ClO5S/c13-8-1-4-10(5-2-8)19(16,17)7-9-3-6-11(18-9)12(14)15/h1-2,4-5,9,11H,3,6-7H2,(H,14,15). The fourth-order valence-electron chi connectivity index (χ4n) is 1.99. The number of benzene rings is 1. The van der Waals surface area contributed by atoms with Crippen molar-refractivity contribution in [1.29, 1.82) is 0 Å². The summed E-state index contributed by atoms with van der Waals surface area (Å²) in [6.07, 6.45) is -0.688. The van der Waals surface area contributed by atoms with Crippen molar-refractivity contribution < 1.29 is 23.1 Å². The number of aliphatic carboxylic acids is 1. The molecule has 2 rings (SSSR count). The van der Waals surface area contributed by atoms with Crippen molar-refractivity contribution in [2.75, 3.05) is 5.75 Å². The maximum Gasteiger partial charge on any atom is 0.332 e. The largest absolute Gasteiger partial charge is 0.479 e. The summed E-state index contributed by atoms with van der Waals surface area (Å²) in [6, 6.07) is 5.87. The van der Waals surface area contributed by atoms with Crippen LogP contribution < -0.4 is 0 Å². The smallest absolute Gasteiger partial charge is 0.332 e. The van der Waals surface area contributed by atoms with Crippen LogP contribution in [0.25, 0.3) is 0 Å². The predicted octanol–water partition coefficient (Wildman–Crippen LogP) is 1.75. The van der Waals surface area contributed by atoms with Crippen LogP contribution in [-0.4, -0.2) is 37.5 Å². The number of carboxylic acids is 1. The molecular formula is C12H13ClO5S. The summed E-state index contributed by atoms with van der Waals surface area (Å²) >= 11 is 5.70. The zero-order chi connectivity index (χ0) is 14.0. The molecule has 0 saturated carbocycles. The average molecular weight is 305 g/mol. The molecule has 1 aromatic rings. The number of hydrogen-bond acceptors (Lipinski definition) is 4. The molecule has 1 aromatic carbocycles. The highest BCUT2D eigenvalue weighted by molar-refractivity contribution is 7.91. The van der Waals surface area contributed by atoms with Crippen molar-refractivity contribution in [1.82, 2.24) is 0 Å². The number of hydrogen-bond donors (Lipinski definition) is 1. The van der Waals surface area contributed by atoms with Crippen molar-refractivity contribution in [3.05, 3.63) is 29.3 Å². The molecule has 1 fully saturated rings. The van der Waals surface area contributed by atoms with Gasteiger partial charge in [-0.1, -0.05) is 11.6 Å². The van der Waals surface area contributed by atoms with Crippen LogP contribution in [0.4, 0.5) is 0 Å². The molecule has 1 heterocycles. The average Bonchev–Trinajstić information content (AvgIpc) is 2.77. The second-order valence-electron chi connectivity index (χ2n) is 4.40. The van der Waals surface area contributed by atoms with Gasteiger partial charge in [0.15, 0.2) is 15.9 Å². The van der Waals surface area contributed by atoms with Crippen molar-refractivity contribution in [2.45, 2.75) is 29.9 Å². The fraction of sp³-hybridized carbons (Fsp3) is 0.417. The van der Waals surface area contributed by atoms with Crippen LogP contribution in [0.3, 0.4) is 0 Å². The van der Waals surface area contributed by atoms with Gasteiger partial charge in [0, 0.05) is 5.02 Å². The molecule has 5 nitrogen and oxygen atoms in total. The minimum atomic E-state index is -3.49. The van der Waals surface area contributed by atoms with Crippen molar-refractivity contribution in [3.8, 4) is 0 Å². The minimum absolute atomic E-state index is 0.166. The van der Waals surface area contributed by atoms with Crippen LogP contribution in [0.2, 0.25) is 5.02 Å². The fourth-order valence-corrected chi connectivity index (χ4v) is 3.60. The van der Waals surface area contributed by atoms with E-state index in [1.165, 1.54) is 24.3 Å². The number of rotatable bonds is 4. The van der Waals surface area contributed by atoms with Crippen LogP contribution in [0.5, 0.6) is 0 Å². The SMILES string of the molecule is O=C(O)C1CCC(CS(=O)(=O)c2ccc(Cl)cc2)O1. The van der Waals surface area contributed by atoms with E-state index in [1.807, 2.05) is 0 Å². The van der Waals surface area contributed by atoms with Crippen LogP contribution in [-0.2, 0) is 19.4 Å². The van der Waals surface area contributed by atoms with Crippen molar-refractivity contribution in [2.24, 2.45) is 0 Å². The highest BCUT2D eigenvalue weighted by Gasteiger charge is 2.33. The molecule has 2 unspecified atom stereocenters. The summed E-state index contributed by atoms with van der Waals surface area (Å²) in [7, 11) is -3.49. The number of ether oxygens (including phenoxy) is 1. The monoisotopic (exact) mass is 304 g/mol. The molecule has 19 heavy (non-hydrogen) atoms. The second-order valence-corrected chi connectivity index (χ2v) is 6.87. The zero-order valence-electron chi connectivity index (χ0n) is 9.95. The minimum Gasteiger partial charge on any atom is -0.479 e. The van der Waals surface area contributed by atoms with Gasteiger partial charge in [0.2, 0.25) is 0 Å². The maximum atomic E-state index is 12.1. The Hall–Kier alpha value is -1.11. The Morgan fingerprint density at radius 3 is 2.47 bits per heavy atom. The van der Waals surface area contributed by atoms with E-state index in [0.717, 1.165) is 0 Å². The Bertz CT molecular complexity index is 566. The van der Waals surface area contributed by atoms with E-state index in [2.05, 4.69) is 0 Å². The van der Waals surface area contributed by atoms with Crippen LogP contribution in [0.1, 0.15) is 12.8 Å². The molecule has 0 aromatic heterocycles. The molecular weight excluding hydrogens is 292 g/mol. The predicted molar refractivity (Wildman–Crippen MR) is 69.0 cm³/mol. The number of halogens is 1. The van der Waals surface area contributed by atoms with E-state index < -0.39 is 28.0 Å². The van der Waals surface area contributed by atoms with Crippen molar-refractivity contribution in [3.63, 3.8) is 0 Å². The highest BCUT2D eigenvalue weighted by Crippen LogP contribution is 2.24. The first-order chi connectivity index (χ1) is 8.88. The normalized spacial score (nSPS) is 23.4. The summed E-state index contributed by atoms with van der Waals surface area (Å²) in [5, 5.41) is 9.25. The highest BCUT2D eigenvalue weighted by atomic mass is 35.5. The lowest BCUT2D eigenvalue weighted by Crippen LogP contribution is -2.25. The lowest BCUT2D eigenvalue weighted by atomic mass is 10.2. The molecule has 0 spiro atoms. The summed E-state index contributed by atoms with van der Waals surface area (Å²) in [5.74, 6) is -1.26. The van der Waals surface area contributed by atoms with Gasteiger partial charge in [-0.15, -0.1) is 0 Å². The summed E-state index contributed by atoms with van der Waals surface area (Å²) in [6.45, 7) is 0. The summed E-state index contributed by atoms with van der Waals surface area (Å²) < 4.78 is 29.4. The summed E-state index contributed by atoms with van der Waals surface area (Å²) in [5.41, 5.74) is 0. The number of sulfone groups is 1. The first-order valence-electron chi connectivity index (χ1n) is 5.75. The second kappa shape index (κ2) is 5.48. The van der Waals surface area contributed by atoms with E-state index in [9.17, 15) is 13.2 Å². The molecule has 0 radical (unpaired) electrons. The third-order valence-corrected chi connectivity index (χ3v) is 5.01. The van der Waals surface area contributed by atoms with Gasteiger partial charge in [-0.05, 0) is 37.1 Å². The zero-order valence-corrected chi connectivity index (χ0v) is 11.5. The molecule has 104 valence electrons. The van der Waals surface area contributed by atoms with E-state index in [-0.39, 0.29) is 10.6 Å². The van der Waals surface area contributed by atoms with E-state index in [4.69, 9.17) is 21.4 Å². The first-order valence-corrected chi connectivity index (χ1v) is 7.78. The molecule has 1 N–H and O–H groups in total. The summed E-state index contributed by atoms with van der Waals surface area (Å²) in [4.78, 5) is 10.9. The Morgan fingerprint density at radius 1 is 1.32 bits per heavy atom. The van der Waals surface area contributed by atoms with E-state index >= 15 is 0 Å². The molecule has 0 aliphatic carbocycles. The van der Waals surface area contributed by atoms with Crippen molar-refractivity contribution >= 4 is 27.4 Å². The van der Waals surface area contributed by atoms with E-state index in [0.29, 0.717) is 17.9 Å². The van der Waals surface area contributed by atoms with E-state index in [1.54, 1.807) is 0 Å². The Labute approximate surface area is 116 Å². The van der Waals surface area contributed by atoms with Gasteiger partial charge in [0.25, 0.3) is 0 Å². The van der Waals surface area contributed by atoms with Crippen LogP contribution in [0.15, 0.2) is 29.2 Å². The lowest BCUT2D eigenvalue weighted by Gasteiger charge is -2.11. The molecule has 1 aliphatic rings. The van der Waals surface area contributed by atoms with Gasteiger partial charge >= 0.3 is 5.97 Å². The Balaban J connectivity index is 2.06. The molecule has 0 bridgehead atoms. The van der Waals surface area contributed by atoms with Gasteiger partial charge in [0.05, 0.1) is 16.8 Å². The lowest BCUT2D eigenvalue weighted by molar-refractivity contribution is -0.148. The number of carbonyl (C=O) groups is 1. The van der Waals surface area contributed by atoms with Crippen LogP contribution >= 0.6 is 11.6 Å². The Morgan fingerprint density at radius 2 is 1.95 bits per heavy atom. The Kier molecular flexibility index (Phi) is 4.13. The third kappa shape index (κ3) is 3.46. The maximum absolute atomic E-state index is 12.1. The molecule has 1 aliphatic heterocycles. The van der Waals surface area contributed by atoms with Gasteiger partial charge in [-0.25, -0.2) is 13.2 Å². The quantitative estimate of drug-likeness (QED) is 0.916. The molecule has 0 amide bonds. The van der Waals surface area contributed by atoms with Gasteiger partial charge in [0.1, 0.15) is 0 Å². The topological polar surface area (TPSA) is 80.7 Å². The molecule has 2 atom stereocenters. The molecule has 7 heteroatoms. The third-order valence-electron chi connectivity index (χ3n) is 2.96. The number of carboxylic acid groups (broad SMARTS) is 1. The van der Waals surface area contributed by atoms with Gasteiger partial charge in [-0.2, -0.15) is 0 Å². The van der Waals surface area contributed by atoms with Crippen LogP contribution in [0, 0.1) is 0 Å². The van der Waals surface area contributed by atoms with Gasteiger partial charge in [-0.3, -0.25) is 0 Å². The first kappa shape index (κ1) is 14.3.